The van der Waals surface area contributed by atoms with Gasteiger partial charge >= 0.3 is 0 Å². The summed E-state index contributed by atoms with van der Waals surface area (Å²) in [6.07, 6.45) is 1.14. The number of nitrogens with one attached hydrogen (secondary N) is 2. The van der Waals surface area contributed by atoms with Crippen LogP contribution in [-0.4, -0.2) is 19.1 Å². The van der Waals surface area contributed by atoms with Crippen LogP contribution in [0.2, 0.25) is 0 Å². The summed E-state index contributed by atoms with van der Waals surface area (Å²) in [5, 5.41) is 6.89. The first-order valence-electron chi connectivity index (χ1n) is 5.82. The molecule has 1 fully saturated rings. The third-order valence-corrected chi connectivity index (χ3v) is 3.17. The third kappa shape index (κ3) is 2.60. The van der Waals surface area contributed by atoms with Crippen LogP contribution < -0.4 is 10.6 Å². The van der Waals surface area contributed by atoms with E-state index in [4.69, 9.17) is 0 Å². The summed E-state index contributed by atoms with van der Waals surface area (Å²) < 4.78 is 13.2. The fourth-order valence-corrected chi connectivity index (χ4v) is 2.25. The summed E-state index contributed by atoms with van der Waals surface area (Å²) in [5.41, 5.74) is 0.818. The van der Waals surface area contributed by atoms with Gasteiger partial charge in [0.2, 0.25) is 0 Å². The minimum absolute atomic E-state index is 0.170. The van der Waals surface area contributed by atoms with Crippen LogP contribution in [0.5, 0.6) is 0 Å². The molecular weight excluding hydrogens is 203 g/mol. The molecule has 1 aliphatic rings. The molecule has 3 heteroatoms. The van der Waals surface area contributed by atoms with Crippen molar-refractivity contribution in [3.8, 4) is 0 Å². The van der Waals surface area contributed by atoms with Crippen molar-refractivity contribution in [3.05, 3.63) is 35.6 Å². The monoisotopic (exact) mass is 222 g/mol. The van der Waals surface area contributed by atoms with E-state index in [1.54, 1.807) is 12.1 Å². The lowest BCUT2D eigenvalue weighted by Gasteiger charge is -2.30. The molecule has 0 aliphatic carbocycles. The Balaban J connectivity index is 2.10. The number of hydrogen-bond acceptors (Lipinski definition) is 2. The Morgan fingerprint density at radius 3 is 2.88 bits per heavy atom. The minimum atomic E-state index is -0.182. The number of benzene rings is 1. The molecule has 0 bridgehead atoms. The van der Waals surface area contributed by atoms with E-state index in [-0.39, 0.29) is 11.4 Å². The van der Waals surface area contributed by atoms with Crippen molar-refractivity contribution in [2.75, 3.05) is 13.1 Å². The largest absolute Gasteiger partial charge is 0.315 e. The molecule has 1 unspecified atom stereocenters. The molecule has 1 heterocycles. The van der Waals surface area contributed by atoms with Crippen LogP contribution >= 0.6 is 0 Å². The Morgan fingerprint density at radius 2 is 2.25 bits per heavy atom. The van der Waals surface area contributed by atoms with Crippen LogP contribution in [0.3, 0.4) is 0 Å². The predicted octanol–water partition coefficient (Wildman–Crippen LogP) is 2.01. The Labute approximate surface area is 96.2 Å². The van der Waals surface area contributed by atoms with Gasteiger partial charge in [-0.1, -0.05) is 12.1 Å². The van der Waals surface area contributed by atoms with Gasteiger partial charge in [0.1, 0.15) is 5.82 Å². The molecule has 1 aromatic rings. The number of halogens is 1. The third-order valence-electron chi connectivity index (χ3n) is 3.17. The van der Waals surface area contributed by atoms with Gasteiger partial charge in [-0.05, 0) is 44.5 Å². The first-order valence-corrected chi connectivity index (χ1v) is 5.82. The fourth-order valence-electron chi connectivity index (χ4n) is 2.25. The van der Waals surface area contributed by atoms with Crippen molar-refractivity contribution in [1.82, 2.24) is 10.6 Å². The highest BCUT2D eigenvalue weighted by molar-refractivity contribution is 5.24. The second kappa shape index (κ2) is 4.52. The SMILES string of the molecule is CC(C)(NC1CCNC1)c1cccc(F)c1. The first kappa shape index (κ1) is 11.6. The summed E-state index contributed by atoms with van der Waals surface area (Å²) in [4.78, 5) is 0. The number of hydrogen-bond donors (Lipinski definition) is 2. The molecule has 0 amide bonds. The van der Waals surface area contributed by atoms with E-state index in [9.17, 15) is 4.39 Å². The van der Waals surface area contributed by atoms with Gasteiger partial charge in [0.15, 0.2) is 0 Å². The maximum absolute atomic E-state index is 13.2. The van der Waals surface area contributed by atoms with Gasteiger partial charge in [0.05, 0.1) is 0 Å². The van der Waals surface area contributed by atoms with E-state index < -0.39 is 0 Å². The van der Waals surface area contributed by atoms with E-state index in [0.717, 1.165) is 25.1 Å². The van der Waals surface area contributed by atoms with Gasteiger partial charge in [-0.15, -0.1) is 0 Å². The van der Waals surface area contributed by atoms with Gasteiger partial charge in [0.25, 0.3) is 0 Å². The summed E-state index contributed by atoms with van der Waals surface area (Å²) in [5.74, 6) is -0.170. The molecule has 0 saturated carbocycles. The summed E-state index contributed by atoms with van der Waals surface area (Å²) >= 11 is 0. The van der Waals surface area contributed by atoms with Crippen LogP contribution in [0.4, 0.5) is 4.39 Å². The van der Waals surface area contributed by atoms with Gasteiger partial charge in [-0.3, -0.25) is 0 Å². The molecule has 88 valence electrons. The molecule has 2 rings (SSSR count). The van der Waals surface area contributed by atoms with Crippen LogP contribution in [0.15, 0.2) is 24.3 Å². The van der Waals surface area contributed by atoms with Crippen molar-refractivity contribution < 1.29 is 4.39 Å². The molecule has 2 nitrogen and oxygen atoms in total. The zero-order valence-corrected chi connectivity index (χ0v) is 9.89. The summed E-state index contributed by atoms with van der Waals surface area (Å²) in [6.45, 7) is 6.26. The molecule has 2 N–H and O–H groups in total. The molecule has 0 spiro atoms. The Kier molecular flexibility index (Phi) is 3.26. The van der Waals surface area contributed by atoms with Gasteiger partial charge < -0.3 is 10.6 Å². The van der Waals surface area contributed by atoms with Crippen LogP contribution in [0, 0.1) is 5.82 Å². The van der Waals surface area contributed by atoms with E-state index in [0.29, 0.717) is 6.04 Å². The molecular formula is C13H19FN2. The van der Waals surface area contributed by atoms with Crippen LogP contribution in [0.1, 0.15) is 25.8 Å². The Hall–Kier alpha value is -0.930. The zero-order valence-electron chi connectivity index (χ0n) is 9.89. The average Bonchev–Trinajstić information content (AvgIpc) is 2.70. The van der Waals surface area contributed by atoms with Crippen LogP contribution in [0.25, 0.3) is 0 Å². The summed E-state index contributed by atoms with van der Waals surface area (Å²) in [6, 6.07) is 7.31. The maximum Gasteiger partial charge on any atom is 0.123 e. The smallest absolute Gasteiger partial charge is 0.123 e. The zero-order chi connectivity index (χ0) is 11.6. The molecule has 16 heavy (non-hydrogen) atoms. The minimum Gasteiger partial charge on any atom is -0.315 e. The molecule has 1 aliphatic heterocycles. The molecule has 1 atom stereocenters. The predicted molar refractivity (Wildman–Crippen MR) is 63.8 cm³/mol. The van der Waals surface area contributed by atoms with Crippen LogP contribution in [-0.2, 0) is 5.54 Å². The number of rotatable bonds is 3. The highest BCUT2D eigenvalue weighted by Crippen LogP contribution is 2.22. The van der Waals surface area contributed by atoms with Crippen molar-refractivity contribution in [2.24, 2.45) is 0 Å². The Morgan fingerprint density at radius 1 is 1.44 bits per heavy atom. The van der Waals surface area contributed by atoms with Crippen molar-refractivity contribution in [1.29, 1.82) is 0 Å². The van der Waals surface area contributed by atoms with E-state index in [2.05, 4.69) is 24.5 Å². The maximum atomic E-state index is 13.2. The van der Waals surface area contributed by atoms with Crippen molar-refractivity contribution in [2.45, 2.75) is 31.8 Å². The average molecular weight is 222 g/mol. The lowest BCUT2D eigenvalue weighted by Crippen LogP contribution is -2.44. The normalized spacial score (nSPS) is 21.3. The lowest BCUT2D eigenvalue weighted by atomic mass is 9.93. The van der Waals surface area contributed by atoms with E-state index in [1.807, 2.05) is 6.07 Å². The van der Waals surface area contributed by atoms with Crippen molar-refractivity contribution >= 4 is 0 Å². The second-order valence-corrected chi connectivity index (χ2v) is 4.97. The standard InChI is InChI=1S/C13H19FN2/c1-13(2,16-12-6-7-15-9-12)10-4-3-5-11(14)8-10/h3-5,8,12,15-16H,6-7,9H2,1-2H3. The highest BCUT2D eigenvalue weighted by Gasteiger charge is 2.26. The van der Waals surface area contributed by atoms with E-state index in [1.165, 1.54) is 6.07 Å². The topological polar surface area (TPSA) is 24.1 Å². The van der Waals surface area contributed by atoms with Gasteiger partial charge in [-0.25, -0.2) is 4.39 Å². The Bertz CT molecular complexity index is 357. The molecule has 1 aromatic carbocycles. The fraction of sp³-hybridized carbons (Fsp3) is 0.538. The highest BCUT2D eigenvalue weighted by atomic mass is 19.1. The summed E-state index contributed by atoms with van der Waals surface area (Å²) in [7, 11) is 0. The van der Waals surface area contributed by atoms with E-state index >= 15 is 0 Å². The van der Waals surface area contributed by atoms with Gasteiger partial charge in [-0.2, -0.15) is 0 Å². The first-order chi connectivity index (χ1) is 7.58. The lowest BCUT2D eigenvalue weighted by molar-refractivity contribution is 0.350. The molecule has 0 aromatic heterocycles. The van der Waals surface area contributed by atoms with Gasteiger partial charge in [0, 0.05) is 18.1 Å². The molecule has 1 saturated heterocycles. The quantitative estimate of drug-likeness (QED) is 0.817. The van der Waals surface area contributed by atoms with Crippen molar-refractivity contribution in [3.63, 3.8) is 0 Å². The second-order valence-electron chi connectivity index (χ2n) is 4.97. The molecule has 0 radical (unpaired) electrons.